The molecule has 4 nitrogen and oxygen atoms in total. The SMILES string of the molecule is CC1(O)CN(c2ncnc3c2CCC3)C1. The molecule has 2 heterocycles. The van der Waals surface area contributed by atoms with Crippen molar-refractivity contribution in [2.24, 2.45) is 0 Å². The van der Waals surface area contributed by atoms with Crippen LogP contribution in [0.2, 0.25) is 0 Å². The number of β-amino-alcohol motifs (C(OH)–C–C–N with tert-alkyl or cyclic N) is 1. The number of rotatable bonds is 1. The third kappa shape index (κ3) is 1.40. The van der Waals surface area contributed by atoms with Gasteiger partial charge in [0.1, 0.15) is 12.1 Å². The normalized spacial score (nSPS) is 22.4. The molecule has 1 saturated heterocycles. The lowest BCUT2D eigenvalue weighted by atomic mass is 9.96. The summed E-state index contributed by atoms with van der Waals surface area (Å²) in [4.78, 5) is 10.8. The van der Waals surface area contributed by atoms with Gasteiger partial charge in [0.25, 0.3) is 0 Å². The minimum absolute atomic E-state index is 0.531. The summed E-state index contributed by atoms with van der Waals surface area (Å²) in [6, 6.07) is 0. The summed E-state index contributed by atoms with van der Waals surface area (Å²) in [5.41, 5.74) is 1.97. The number of aromatic nitrogens is 2. The molecule has 1 aromatic rings. The summed E-state index contributed by atoms with van der Waals surface area (Å²) in [5, 5.41) is 9.71. The van der Waals surface area contributed by atoms with Crippen LogP contribution in [0, 0.1) is 0 Å². The van der Waals surface area contributed by atoms with Crippen LogP contribution in [0.4, 0.5) is 5.82 Å². The molecule has 0 bridgehead atoms. The molecule has 4 heteroatoms. The third-order valence-electron chi connectivity index (χ3n) is 3.21. The third-order valence-corrected chi connectivity index (χ3v) is 3.21. The van der Waals surface area contributed by atoms with Crippen molar-refractivity contribution in [2.45, 2.75) is 31.8 Å². The van der Waals surface area contributed by atoms with Crippen LogP contribution in [-0.2, 0) is 12.8 Å². The fraction of sp³-hybridized carbons (Fsp3) is 0.636. The van der Waals surface area contributed by atoms with E-state index in [4.69, 9.17) is 0 Å². The van der Waals surface area contributed by atoms with Crippen molar-refractivity contribution in [3.8, 4) is 0 Å². The van der Waals surface area contributed by atoms with Gasteiger partial charge in [0.05, 0.1) is 5.60 Å². The van der Waals surface area contributed by atoms with Gasteiger partial charge in [-0.2, -0.15) is 0 Å². The minimum Gasteiger partial charge on any atom is -0.386 e. The lowest BCUT2D eigenvalue weighted by Crippen LogP contribution is -2.60. The van der Waals surface area contributed by atoms with Crippen LogP contribution >= 0.6 is 0 Å². The predicted octanol–water partition coefficient (Wildman–Crippen LogP) is 0.536. The molecule has 1 aliphatic heterocycles. The maximum absolute atomic E-state index is 9.71. The van der Waals surface area contributed by atoms with Crippen LogP contribution in [-0.4, -0.2) is 33.8 Å². The summed E-state index contributed by atoms with van der Waals surface area (Å²) in [6.45, 7) is 3.25. The average molecular weight is 205 g/mol. The number of nitrogens with zero attached hydrogens (tertiary/aromatic N) is 3. The Hall–Kier alpha value is -1.16. The molecule has 2 aliphatic rings. The highest BCUT2D eigenvalue weighted by Crippen LogP contribution is 2.32. The van der Waals surface area contributed by atoms with E-state index in [2.05, 4.69) is 14.9 Å². The van der Waals surface area contributed by atoms with Gasteiger partial charge >= 0.3 is 0 Å². The second-order valence-electron chi connectivity index (χ2n) is 4.83. The van der Waals surface area contributed by atoms with E-state index in [1.54, 1.807) is 6.33 Å². The van der Waals surface area contributed by atoms with Crippen molar-refractivity contribution < 1.29 is 5.11 Å². The molecule has 0 spiro atoms. The van der Waals surface area contributed by atoms with Crippen LogP contribution < -0.4 is 4.90 Å². The molecule has 0 aromatic carbocycles. The monoisotopic (exact) mass is 205 g/mol. The Morgan fingerprint density at radius 3 is 2.87 bits per heavy atom. The van der Waals surface area contributed by atoms with Crippen molar-refractivity contribution in [3.05, 3.63) is 17.6 Å². The second kappa shape index (κ2) is 2.92. The molecule has 80 valence electrons. The van der Waals surface area contributed by atoms with Crippen molar-refractivity contribution >= 4 is 5.82 Å². The van der Waals surface area contributed by atoms with E-state index >= 15 is 0 Å². The lowest BCUT2D eigenvalue weighted by molar-refractivity contribution is 0.0304. The molecule has 1 fully saturated rings. The zero-order valence-electron chi connectivity index (χ0n) is 8.90. The van der Waals surface area contributed by atoms with Gasteiger partial charge in [-0.3, -0.25) is 0 Å². The fourth-order valence-corrected chi connectivity index (χ4v) is 2.54. The molecule has 3 rings (SSSR count). The highest BCUT2D eigenvalue weighted by molar-refractivity contribution is 5.53. The Kier molecular flexibility index (Phi) is 1.77. The van der Waals surface area contributed by atoms with E-state index in [1.165, 1.54) is 17.7 Å². The summed E-state index contributed by atoms with van der Waals surface area (Å²) in [6.07, 6.45) is 5.00. The predicted molar refractivity (Wildman–Crippen MR) is 56.9 cm³/mol. The molecule has 1 aliphatic carbocycles. The van der Waals surface area contributed by atoms with Crippen molar-refractivity contribution in [2.75, 3.05) is 18.0 Å². The maximum atomic E-state index is 9.71. The number of anilines is 1. The Morgan fingerprint density at radius 2 is 2.13 bits per heavy atom. The van der Waals surface area contributed by atoms with Gasteiger partial charge in [-0.05, 0) is 26.2 Å². The molecule has 0 radical (unpaired) electrons. The maximum Gasteiger partial charge on any atom is 0.135 e. The Bertz CT molecular complexity index is 395. The van der Waals surface area contributed by atoms with E-state index in [0.29, 0.717) is 13.1 Å². The first-order valence-corrected chi connectivity index (χ1v) is 5.46. The van der Waals surface area contributed by atoms with Crippen LogP contribution in [0.15, 0.2) is 6.33 Å². The second-order valence-corrected chi connectivity index (χ2v) is 4.83. The average Bonchev–Trinajstić information content (AvgIpc) is 2.60. The smallest absolute Gasteiger partial charge is 0.135 e. The molecular formula is C11H15N3O. The molecule has 1 N–H and O–H groups in total. The van der Waals surface area contributed by atoms with E-state index in [9.17, 15) is 5.11 Å². The topological polar surface area (TPSA) is 49.2 Å². The highest BCUT2D eigenvalue weighted by Gasteiger charge is 2.38. The molecule has 15 heavy (non-hydrogen) atoms. The van der Waals surface area contributed by atoms with Crippen molar-refractivity contribution in [3.63, 3.8) is 0 Å². The van der Waals surface area contributed by atoms with Crippen LogP contribution in [0.5, 0.6) is 0 Å². The van der Waals surface area contributed by atoms with Gasteiger partial charge < -0.3 is 10.0 Å². The van der Waals surface area contributed by atoms with Gasteiger partial charge in [-0.15, -0.1) is 0 Å². The summed E-state index contributed by atoms with van der Waals surface area (Å²) >= 11 is 0. The molecule has 0 saturated carbocycles. The standard InChI is InChI=1S/C11H15N3O/c1-11(15)5-14(6-11)10-8-3-2-4-9(8)12-7-13-10/h7,15H,2-6H2,1H3. The van der Waals surface area contributed by atoms with Crippen LogP contribution in [0.1, 0.15) is 24.6 Å². The van der Waals surface area contributed by atoms with Gasteiger partial charge in [0.2, 0.25) is 0 Å². The van der Waals surface area contributed by atoms with Gasteiger partial charge in [-0.1, -0.05) is 0 Å². The first-order valence-electron chi connectivity index (χ1n) is 5.46. The first-order chi connectivity index (χ1) is 7.16. The number of aliphatic hydroxyl groups is 1. The quantitative estimate of drug-likeness (QED) is 0.727. The molecule has 0 unspecified atom stereocenters. The Morgan fingerprint density at radius 1 is 1.33 bits per heavy atom. The van der Waals surface area contributed by atoms with Crippen molar-refractivity contribution in [1.29, 1.82) is 0 Å². The first kappa shape index (κ1) is 9.09. The summed E-state index contributed by atoms with van der Waals surface area (Å²) in [7, 11) is 0. The number of fused-ring (bicyclic) bond motifs is 1. The van der Waals surface area contributed by atoms with Crippen LogP contribution in [0.3, 0.4) is 0 Å². The number of hydrogen-bond acceptors (Lipinski definition) is 4. The minimum atomic E-state index is -0.531. The van der Waals surface area contributed by atoms with Crippen LogP contribution in [0.25, 0.3) is 0 Å². The fourth-order valence-electron chi connectivity index (χ4n) is 2.54. The molecular weight excluding hydrogens is 190 g/mol. The van der Waals surface area contributed by atoms with Gasteiger partial charge in [0.15, 0.2) is 0 Å². The van der Waals surface area contributed by atoms with E-state index < -0.39 is 5.60 Å². The Balaban J connectivity index is 1.91. The highest BCUT2D eigenvalue weighted by atomic mass is 16.3. The largest absolute Gasteiger partial charge is 0.386 e. The van der Waals surface area contributed by atoms with Crippen molar-refractivity contribution in [1.82, 2.24) is 9.97 Å². The zero-order chi connectivity index (χ0) is 10.5. The van der Waals surface area contributed by atoms with Gasteiger partial charge in [0, 0.05) is 24.3 Å². The lowest BCUT2D eigenvalue weighted by Gasteiger charge is -2.45. The molecule has 0 atom stereocenters. The zero-order valence-corrected chi connectivity index (χ0v) is 8.90. The van der Waals surface area contributed by atoms with E-state index in [-0.39, 0.29) is 0 Å². The van der Waals surface area contributed by atoms with Gasteiger partial charge in [-0.25, -0.2) is 9.97 Å². The summed E-state index contributed by atoms with van der Waals surface area (Å²) < 4.78 is 0. The molecule has 1 aromatic heterocycles. The number of hydrogen-bond donors (Lipinski definition) is 1. The molecule has 0 amide bonds. The number of aryl methyl sites for hydroxylation is 1. The Labute approximate surface area is 89.0 Å². The van der Waals surface area contributed by atoms with E-state index in [1.807, 2.05) is 6.92 Å². The van der Waals surface area contributed by atoms with E-state index in [0.717, 1.165) is 18.7 Å². The summed E-state index contributed by atoms with van der Waals surface area (Å²) in [5.74, 6) is 1.05.